The number of para-hydroxylation sites is 1. The van der Waals surface area contributed by atoms with E-state index in [1.807, 2.05) is 31.1 Å². The smallest absolute Gasteiger partial charge is 0.257 e. The molecule has 0 saturated heterocycles. The number of hydrogen-bond acceptors (Lipinski definition) is 3. The Hall–Kier alpha value is -2.30. The molecular formula is C18H24N4O. The van der Waals surface area contributed by atoms with E-state index in [9.17, 15) is 4.79 Å². The molecule has 0 fully saturated rings. The third-order valence-corrected chi connectivity index (χ3v) is 4.64. The standard InChI is InChI=1S/C18H24N4O/c1-5-15-11-20(3)17-9-7-6-8-14(17)10-22(15)18(23)16-12-21(4)19-13(16)2/h6-9,12,15H,5,10-11H2,1-4H3. The molecule has 1 aliphatic rings. The molecule has 1 aliphatic heterocycles. The summed E-state index contributed by atoms with van der Waals surface area (Å²) in [5.74, 6) is 0.0764. The van der Waals surface area contributed by atoms with Gasteiger partial charge < -0.3 is 9.80 Å². The number of carbonyl (C=O) groups excluding carboxylic acids is 1. The molecule has 3 rings (SSSR count). The molecule has 0 saturated carbocycles. The summed E-state index contributed by atoms with van der Waals surface area (Å²) in [6.07, 6.45) is 2.76. The van der Waals surface area contributed by atoms with E-state index in [1.165, 1.54) is 11.3 Å². The molecule has 5 heteroatoms. The molecule has 2 heterocycles. The number of hydrogen-bond donors (Lipinski definition) is 0. The molecule has 23 heavy (non-hydrogen) atoms. The second-order valence-corrected chi connectivity index (χ2v) is 6.31. The zero-order valence-corrected chi connectivity index (χ0v) is 14.3. The fraction of sp³-hybridized carbons (Fsp3) is 0.444. The van der Waals surface area contributed by atoms with Crippen molar-refractivity contribution in [3.05, 3.63) is 47.3 Å². The number of rotatable bonds is 2. The average Bonchev–Trinajstić information content (AvgIpc) is 2.80. The molecule has 5 nitrogen and oxygen atoms in total. The summed E-state index contributed by atoms with van der Waals surface area (Å²) in [6, 6.07) is 8.53. The van der Waals surface area contributed by atoms with Gasteiger partial charge in [-0.25, -0.2) is 0 Å². The Balaban J connectivity index is 1.99. The van der Waals surface area contributed by atoms with Gasteiger partial charge in [-0.15, -0.1) is 0 Å². The van der Waals surface area contributed by atoms with E-state index in [0.29, 0.717) is 12.1 Å². The lowest BCUT2D eigenvalue weighted by Crippen LogP contribution is -2.43. The van der Waals surface area contributed by atoms with E-state index in [0.717, 1.165) is 18.7 Å². The molecule has 1 atom stereocenters. The van der Waals surface area contributed by atoms with Crippen molar-refractivity contribution in [1.29, 1.82) is 0 Å². The number of anilines is 1. The van der Waals surface area contributed by atoms with E-state index in [1.54, 1.807) is 4.68 Å². The Morgan fingerprint density at radius 3 is 2.70 bits per heavy atom. The Morgan fingerprint density at radius 1 is 1.30 bits per heavy atom. The highest BCUT2D eigenvalue weighted by Crippen LogP contribution is 2.28. The molecule has 0 radical (unpaired) electrons. The van der Waals surface area contributed by atoms with Gasteiger partial charge in [0, 0.05) is 45.1 Å². The van der Waals surface area contributed by atoms with E-state index < -0.39 is 0 Å². The van der Waals surface area contributed by atoms with Crippen LogP contribution in [-0.2, 0) is 13.6 Å². The van der Waals surface area contributed by atoms with Gasteiger partial charge in [-0.3, -0.25) is 9.48 Å². The summed E-state index contributed by atoms with van der Waals surface area (Å²) in [5.41, 5.74) is 3.90. The third-order valence-electron chi connectivity index (χ3n) is 4.64. The van der Waals surface area contributed by atoms with Crippen LogP contribution in [0.4, 0.5) is 5.69 Å². The van der Waals surface area contributed by atoms with Crippen molar-refractivity contribution in [2.24, 2.45) is 7.05 Å². The highest BCUT2D eigenvalue weighted by molar-refractivity contribution is 5.95. The summed E-state index contributed by atoms with van der Waals surface area (Å²) in [7, 11) is 3.96. The van der Waals surface area contributed by atoms with Crippen LogP contribution in [0.2, 0.25) is 0 Å². The number of benzene rings is 1. The van der Waals surface area contributed by atoms with Gasteiger partial charge in [0.25, 0.3) is 5.91 Å². The lowest BCUT2D eigenvalue weighted by Gasteiger charge is -2.30. The number of nitrogens with zero attached hydrogens (tertiary/aromatic N) is 4. The Morgan fingerprint density at radius 2 is 2.04 bits per heavy atom. The van der Waals surface area contributed by atoms with Gasteiger partial charge in [-0.2, -0.15) is 5.10 Å². The third kappa shape index (κ3) is 2.83. The average molecular weight is 312 g/mol. The monoisotopic (exact) mass is 312 g/mol. The second-order valence-electron chi connectivity index (χ2n) is 6.31. The predicted octanol–water partition coefficient (Wildman–Crippen LogP) is 2.60. The van der Waals surface area contributed by atoms with E-state index in [-0.39, 0.29) is 11.9 Å². The Kier molecular flexibility index (Phi) is 4.11. The zero-order valence-electron chi connectivity index (χ0n) is 14.3. The van der Waals surface area contributed by atoms with Crippen molar-refractivity contribution >= 4 is 11.6 Å². The maximum atomic E-state index is 13.1. The minimum Gasteiger partial charge on any atom is -0.372 e. The van der Waals surface area contributed by atoms with Crippen LogP contribution in [0.1, 0.15) is 35.0 Å². The molecule has 1 aromatic heterocycles. The summed E-state index contributed by atoms with van der Waals surface area (Å²) in [5, 5.41) is 4.32. The highest BCUT2D eigenvalue weighted by atomic mass is 16.2. The summed E-state index contributed by atoms with van der Waals surface area (Å²) in [6.45, 7) is 5.53. The first kappa shape index (κ1) is 15.6. The first-order valence-corrected chi connectivity index (χ1v) is 8.11. The quantitative estimate of drug-likeness (QED) is 0.856. The Labute approximate surface area is 137 Å². The van der Waals surface area contributed by atoms with Gasteiger partial charge >= 0.3 is 0 Å². The first-order valence-electron chi connectivity index (χ1n) is 8.11. The normalized spacial score (nSPS) is 17.8. The molecule has 2 aromatic rings. The SMILES string of the molecule is CCC1CN(C)c2ccccc2CN1C(=O)c1cn(C)nc1C. The van der Waals surface area contributed by atoms with Crippen LogP contribution >= 0.6 is 0 Å². The van der Waals surface area contributed by atoms with Crippen LogP contribution in [0.25, 0.3) is 0 Å². The van der Waals surface area contributed by atoms with Crippen molar-refractivity contribution in [1.82, 2.24) is 14.7 Å². The Bertz CT molecular complexity index is 722. The lowest BCUT2D eigenvalue weighted by atomic mass is 10.1. The first-order chi connectivity index (χ1) is 11.0. The van der Waals surface area contributed by atoms with Crippen LogP contribution in [0.3, 0.4) is 0 Å². The summed E-state index contributed by atoms with van der Waals surface area (Å²) < 4.78 is 1.71. The van der Waals surface area contributed by atoms with E-state index in [4.69, 9.17) is 0 Å². The molecule has 1 amide bonds. The number of amides is 1. The zero-order chi connectivity index (χ0) is 16.6. The maximum absolute atomic E-state index is 13.1. The number of aromatic nitrogens is 2. The van der Waals surface area contributed by atoms with Crippen molar-refractivity contribution in [2.75, 3.05) is 18.5 Å². The second kappa shape index (κ2) is 6.07. The molecule has 1 unspecified atom stereocenters. The van der Waals surface area contributed by atoms with Gasteiger partial charge in [-0.05, 0) is 25.0 Å². The number of aryl methyl sites for hydroxylation is 2. The molecule has 0 spiro atoms. The molecule has 0 bridgehead atoms. The van der Waals surface area contributed by atoms with Crippen molar-refractivity contribution in [3.63, 3.8) is 0 Å². The van der Waals surface area contributed by atoms with Crippen LogP contribution in [-0.4, -0.2) is 40.2 Å². The summed E-state index contributed by atoms with van der Waals surface area (Å²) >= 11 is 0. The van der Waals surface area contributed by atoms with E-state index >= 15 is 0 Å². The van der Waals surface area contributed by atoms with Crippen molar-refractivity contribution < 1.29 is 4.79 Å². The van der Waals surface area contributed by atoms with Crippen LogP contribution in [0.15, 0.2) is 30.5 Å². The number of fused-ring (bicyclic) bond motifs is 1. The van der Waals surface area contributed by atoms with Gasteiger partial charge in [0.15, 0.2) is 0 Å². The highest BCUT2D eigenvalue weighted by Gasteiger charge is 2.30. The largest absolute Gasteiger partial charge is 0.372 e. The van der Waals surface area contributed by atoms with Gasteiger partial charge in [0.1, 0.15) is 0 Å². The number of likely N-dealkylation sites (N-methyl/N-ethyl adjacent to an activating group) is 1. The van der Waals surface area contributed by atoms with Gasteiger partial charge in [-0.1, -0.05) is 25.1 Å². The van der Waals surface area contributed by atoms with Crippen LogP contribution in [0, 0.1) is 6.92 Å². The molecule has 0 aliphatic carbocycles. The molecule has 122 valence electrons. The predicted molar refractivity (Wildman–Crippen MR) is 91.6 cm³/mol. The maximum Gasteiger partial charge on any atom is 0.257 e. The summed E-state index contributed by atoms with van der Waals surface area (Å²) in [4.78, 5) is 17.4. The topological polar surface area (TPSA) is 41.4 Å². The van der Waals surface area contributed by atoms with Crippen LogP contribution in [0.5, 0.6) is 0 Å². The van der Waals surface area contributed by atoms with Crippen LogP contribution < -0.4 is 4.90 Å². The fourth-order valence-corrected chi connectivity index (χ4v) is 3.39. The lowest BCUT2D eigenvalue weighted by molar-refractivity contribution is 0.0667. The molecule has 1 aromatic carbocycles. The fourth-order valence-electron chi connectivity index (χ4n) is 3.39. The van der Waals surface area contributed by atoms with E-state index in [2.05, 4.69) is 42.2 Å². The van der Waals surface area contributed by atoms with Gasteiger partial charge in [0.05, 0.1) is 11.3 Å². The van der Waals surface area contributed by atoms with Crippen molar-refractivity contribution in [3.8, 4) is 0 Å². The minimum atomic E-state index is 0.0764. The minimum absolute atomic E-state index is 0.0764. The van der Waals surface area contributed by atoms with Crippen molar-refractivity contribution in [2.45, 2.75) is 32.9 Å². The number of carbonyl (C=O) groups is 1. The molecule has 0 N–H and O–H groups in total. The van der Waals surface area contributed by atoms with Gasteiger partial charge in [0.2, 0.25) is 0 Å². The molecular weight excluding hydrogens is 288 g/mol.